The summed E-state index contributed by atoms with van der Waals surface area (Å²) in [6, 6.07) is 16.0. The van der Waals surface area contributed by atoms with Crippen molar-refractivity contribution in [1.82, 2.24) is 4.98 Å². The number of furan rings is 1. The average molecular weight is 318 g/mol. The molecular formula is C19H14N2O3. The maximum Gasteiger partial charge on any atom is 0.330 e. The number of para-hydroxylation sites is 1. The van der Waals surface area contributed by atoms with E-state index in [1.54, 1.807) is 24.5 Å². The van der Waals surface area contributed by atoms with Crippen LogP contribution in [0.25, 0.3) is 21.9 Å². The minimum absolute atomic E-state index is 0.592. The number of aliphatic carboxylic acids is 1. The summed E-state index contributed by atoms with van der Waals surface area (Å²) in [5, 5.41) is 14.6. The molecule has 1 unspecified atom stereocenters. The molecule has 0 saturated carbocycles. The zero-order chi connectivity index (χ0) is 16.5. The highest BCUT2D eigenvalue weighted by Crippen LogP contribution is 2.31. The van der Waals surface area contributed by atoms with E-state index in [9.17, 15) is 9.90 Å². The highest BCUT2D eigenvalue weighted by atomic mass is 16.4. The highest BCUT2D eigenvalue weighted by Gasteiger charge is 2.20. The van der Waals surface area contributed by atoms with Gasteiger partial charge in [-0.15, -0.1) is 0 Å². The van der Waals surface area contributed by atoms with Crippen LogP contribution in [-0.4, -0.2) is 16.1 Å². The van der Waals surface area contributed by atoms with Crippen molar-refractivity contribution in [2.24, 2.45) is 0 Å². The number of anilines is 1. The number of nitrogens with one attached hydrogen (secondary N) is 1. The third-order valence-corrected chi connectivity index (χ3v) is 3.95. The van der Waals surface area contributed by atoms with Crippen molar-refractivity contribution >= 4 is 33.6 Å². The number of benzene rings is 2. The van der Waals surface area contributed by atoms with Gasteiger partial charge in [0, 0.05) is 40.5 Å². The van der Waals surface area contributed by atoms with Crippen LogP contribution in [0.1, 0.15) is 11.6 Å². The van der Waals surface area contributed by atoms with Crippen LogP contribution in [0, 0.1) is 0 Å². The molecule has 5 nitrogen and oxygen atoms in total. The molecule has 4 rings (SSSR count). The van der Waals surface area contributed by atoms with Gasteiger partial charge in [0.15, 0.2) is 6.04 Å². The predicted molar refractivity (Wildman–Crippen MR) is 92.0 cm³/mol. The molecule has 2 aromatic heterocycles. The summed E-state index contributed by atoms with van der Waals surface area (Å²) < 4.78 is 5.84. The Labute approximate surface area is 137 Å². The van der Waals surface area contributed by atoms with E-state index in [1.165, 1.54) is 0 Å². The maximum atomic E-state index is 11.6. The number of fused-ring (bicyclic) bond motifs is 3. The number of pyridine rings is 1. The average Bonchev–Trinajstić information content (AvgIpc) is 2.98. The monoisotopic (exact) mass is 318 g/mol. The van der Waals surface area contributed by atoms with Gasteiger partial charge < -0.3 is 14.8 Å². The van der Waals surface area contributed by atoms with Gasteiger partial charge in [-0.2, -0.15) is 0 Å². The molecule has 0 amide bonds. The van der Waals surface area contributed by atoms with Crippen molar-refractivity contribution in [3.05, 3.63) is 72.6 Å². The smallest absolute Gasteiger partial charge is 0.330 e. The van der Waals surface area contributed by atoms with Crippen LogP contribution in [0.2, 0.25) is 0 Å². The Morgan fingerprint density at radius 1 is 1.04 bits per heavy atom. The van der Waals surface area contributed by atoms with Crippen molar-refractivity contribution in [2.75, 3.05) is 5.32 Å². The number of nitrogens with zero attached hydrogens (tertiary/aromatic N) is 1. The van der Waals surface area contributed by atoms with Gasteiger partial charge in [-0.25, -0.2) is 4.79 Å². The van der Waals surface area contributed by atoms with Crippen molar-refractivity contribution in [2.45, 2.75) is 6.04 Å². The standard InChI is InChI=1S/C19H14N2O3/c22-19(23)18(12-4-3-9-20-11-12)21-13-7-8-15-14-5-1-2-6-16(14)24-17(15)10-13/h1-11,18,21H,(H,22,23). The molecule has 0 aliphatic heterocycles. The molecule has 0 aliphatic carbocycles. The Kier molecular flexibility index (Phi) is 3.39. The fraction of sp³-hybridized carbons (Fsp3) is 0.0526. The zero-order valence-electron chi connectivity index (χ0n) is 12.6. The van der Waals surface area contributed by atoms with E-state index in [0.29, 0.717) is 11.3 Å². The van der Waals surface area contributed by atoms with Gasteiger partial charge in [-0.3, -0.25) is 4.98 Å². The molecule has 0 spiro atoms. The molecular weight excluding hydrogens is 304 g/mol. The predicted octanol–water partition coefficient (Wildman–Crippen LogP) is 4.22. The summed E-state index contributed by atoms with van der Waals surface area (Å²) in [5.41, 5.74) is 2.80. The van der Waals surface area contributed by atoms with Crippen LogP contribution >= 0.6 is 0 Å². The van der Waals surface area contributed by atoms with Gasteiger partial charge in [-0.05, 0) is 24.3 Å². The largest absolute Gasteiger partial charge is 0.479 e. The summed E-state index contributed by atoms with van der Waals surface area (Å²) >= 11 is 0. The number of carboxylic acid groups (broad SMARTS) is 1. The number of rotatable bonds is 4. The third-order valence-electron chi connectivity index (χ3n) is 3.95. The Morgan fingerprint density at radius 3 is 2.67 bits per heavy atom. The Hall–Kier alpha value is -3.34. The lowest BCUT2D eigenvalue weighted by Crippen LogP contribution is -2.20. The molecule has 2 heterocycles. The second-order valence-electron chi connectivity index (χ2n) is 5.51. The van der Waals surface area contributed by atoms with Gasteiger partial charge >= 0.3 is 5.97 Å². The van der Waals surface area contributed by atoms with Crippen LogP contribution in [-0.2, 0) is 4.79 Å². The first-order valence-electron chi connectivity index (χ1n) is 7.53. The molecule has 2 N–H and O–H groups in total. The van der Waals surface area contributed by atoms with E-state index in [0.717, 1.165) is 21.9 Å². The van der Waals surface area contributed by atoms with Crippen LogP contribution in [0.3, 0.4) is 0 Å². The Bertz CT molecular complexity index is 1020. The lowest BCUT2D eigenvalue weighted by atomic mass is 10.1. The fourth-order valence-corrected chi connectivity index (χ4v) is 2.82. The normalized spacial score (nSPS) is 12.3. The van der Waals surface area contributed by atoms with Crippen LogP contribution in [0.15, 0.2) is 71.4 Å². The molecule has 0 radical (unpaired) electrons. The van der Waals surface area contributed by atoms with Crippen LogP contribution < -0.4 is 5.32 Å². The quantitative estimate of drug-likeness (QED) is 0.589. The van der Waals surface area contributed by atoms with E-state index in [4.69, 9.17) is 4.42 Å². The summed E-state index contributed by atoms with van der Waals surface area (Å²) in [4.78, 5) is 15.6. The second kappa shape index (κ2) is 5.70. The molecule has 2 aromatic carbocycles. The molecule has 0 aliphatic rings. The topological polar surface area (TPSA) is 75.4 Å². The highest BCUT2D eigenvalue weighted by molar-refractivity contribution is 6.05. The first kappa shape index (κ1) is 14.3. The summed E-state index contributed by atoms with van der Waals surface area (Å²) in [5.74, 6) is -0.965. The number of hydrogen-bond acceptors (Lipinski definition) is 4. The lowest BCUT2D eigenvalue weighted by molar-refractivity contribution is -0.138. The number of aromatic nitrogens is 1. The third kappa shape index (κ3) is 2.46. The summed E-state index contributed by atoms with van der Waals surface area (Å²) in [7, 11) is 0. The van der Waals surface area contributed by atoms with Gasteiger partial charge in [0.05, 0.1) is 0 Å². The van der Waals surface area contributed by atoms with E-state index < -0.39 is 12.0 Å². The van der Waals surface area contributed by atoms with Crippen molar-refractivity contribution < 1.29 is 14.3 Å². The van der Waals surface area contributed by atoms with Crippen LogP contribution in [0.5, 0.6) is 0 Å². The summed E-state index contributed by atoms with van der Waals surface area (Å²) in [6.07, 6.45) is 3.16. The minimum atomic E-state index is -0.965. The van der Waals surface area contributed by atoms with Crippen LogP contribution in [0.4, 0.5) is 5.69 Å². The molecule has 4 aromatic rings. The molecule has 5 heteroatoms. The number of carboxylic acids is 1. The lowest BCUT2D eigenvalue weighted by Gasteiger charge is -2.15. The van der Waals surface area contributed by atoms with Gasteiger partial charge in [0.25, 0.3) is 0 Å². The Balaban J connectivity index is 1.73. The van der Waals surface area contributed by atoms with Crippen molar-refractivity contribution in [1.29, 1.82) is 0 Å². The van der Waals surface area contributed by atoms with Gasteiger partial charge in [-0.1, -0.05) is 24.3 Å². The second-order valence-corrected chi connectivity index (χ2v) is 5.51. The van der Waals surface area contributed by atoms with Gasteiger partial charge in [0.1, 0.15) is 11.2 Å². The molecule has 24 heavy (non-hydrogen) atoms. The maximum absolute atomic E-state index is 11.6. The van der Waals surface area contributed by atoms with Gasteiger partial charge in [0.2, 0.25) is 0 Å². The van der Waals surface area contributed by atoms with E-state index in [2.05, 4.69) is 10.3 Å². The van der Waals surface area contributed by atoms with E-state index in [-0.39, 0.29) is 0 Å². The first-order chi connectivity index (χ1) is 11.7. The summed E-state index contributed by atoms with van der Waals surface area (Å²) in [6.45, 7) is 0. The van der Waals surface area contributed by atoms with Crippen molar-refractivity contribution in [3.8, 4) is 0 Å². The minimum Gasteiger partial charge on any atom is -0.479 e. The zero-order valence-corrected chi connectivity index (χ0v) is 12.6. The first-order valence-corrected chi connectivity index (χ1v) is 7.53. The molecule has 0 fully saturated rings. The molecule has 0 saturated heterocycles. The van der Waals surface area contributed by atoms with E-state index in [1.807, 2.05) is 42.5 Å². The number of hydrogen-bond donors (Lipinski definition) is 2. The fourth-order valence-electron chi connectivity index (χ4n) is 2.82. The van der Waals surface area contributed by atoms with Crippen molar-refractivity contribution in [3.63, 3.8) is 0 Å². The Morgan fingerprint density at radius 2 is 1.88 bits per heavy atom. The SMILES string of the molecule is O=C(O)C(Nc1ccc2c(c1)oc1ccccc12)c1cccnc1. The van der Waals surface area contributed by atoms with E-state index >= 15 is 0 Å². The molecule has 118 valence electrons. The number of carbonyl (C=O) groups is 1. The molecule has 0 bridgehead atoms. The molecule has 1 atom stereocenters.